The quantitative estimate of drug-likeness (QED) is 0.294. The molecule has 2 N–H and O–H groups in total. The lowest BCUT2D eigenvalue weighted by Crippen LogP contribution is -2.29. The van der Waals surface area contributed by atoms with Crippen molar-refractivity contribution in [2.24, 2.45) is 0 Å². The van der Waals surface area contributed by atoms with Gasteiger partial charge in [-0.2, -0.15) is 0 Å². The number of hydrogen-bond acceptors (Lipinski definition) is 8. The number of methoxy groups -OCH3 is 1. The van der Waals surface area contributed by atoms with Gasteiger partial charge in [-0.25, -0.2) is 9.97 Å². The molecule has 3 heterocycles. The summed E-state index contributed by atoms with van der Waals surface area (Å²) in [4.78, 5) is 25.7. The smallest absolute Gasteiger partial charge is 0.247 e. The summed E-state index contributed by atoms with van der Waals surface area (Å²) in [5.41, 5.74) is 4.93. The molecular weight excluding hydrogens is 494 g/mol. The summed E-state index contributed by atoms with van der Waals surface area (Å²) in [6.07, 6.45) is 5.09. The van der Waals surface area contributed by atoms with Gasteiger partial charge in [0.05, 0.1) is 41.9 Å². The number of nitrogens with one attached hydrogen (secondary N) is 2. The summed E-state index contributed by atoms with van der Waals surface area (Å²) >= 11 is 0. The monoisotopic (exact) mass is 527 g/mol. The van der Waals surface area contributed by atoms with E-state index in [0.29, 0.717) is 29.7 Å². The van der Waals surface area contributed by atoms with Crippen molar-refractivity contribution in [1.29, 1.82) is 0 Å². The third-order valence-corrected chi connectivity index (χ3v) is 6.68. The molecule has 0 fully saturated rings. The van der Waals surface area contributed by atoms with E-state index in [1.165, 1.54) is 6.08 Å². The number of amides is 1. The lowest BCUT2D eigenvalue weighted by atomic mass is 10.1. The fourth-order valence-electron chi connectivity index (χ4n) is 4.67. The van der Waals surface area contributed by atoms with Crippen molar-refractivity contribution < 1.29 is 14.3 Å². The Morgan fingerprint density at radius 2 is 2.05 bits per heavy atom. The lowest BCUT2D eigenvalue weighted by molar-refractivity contribution is -0.111. The average molecular weight is 528 g/mol. The molecule has 0 saturated carbocycles. The molecular formula is C29H33N7O3. The number of carbonyl (C=O) groups is 1. The Hall–Kier alpha value is -4.57. The summed E-state index contributed by atoms with van der Waals surface area (Å²) in [6.45, 7) is 6.62. The van der Waals surface area contributed by atoms with Gasteiger partial charge in [-0.15, -0.1) is 0 Å². The van der Waals surface area contributed by atoms with Crippen LogP contribution in [-0.2, 0) is 11.3 Å². The van der Waals surface area contributed by atoms with Gasteiger partial charge in [0.15, 0.2) is 0 Å². The summed E-state index contributed by atoms with van der Waals surface area (Å²) in [6, 6.07) is 11.7. The van der Waals surface area contributed by atoms with Crippen LogP contribution >= 0.6 is 0 Å². The highest BCUT2D eigenvalue weighted by Crippen LogP contribution is 2.39. The van der Waals surface area contributed by atoms with Gasteiger partial charge >= 0.3 is 0 Å². The number of ether oxygens (including phenoxy) is 2. The highest BCUT2D eigenvalue weighted by atomic mass is 16.5. The topological polar surface area (TPSA) is 96.8 Å². The van der Waals surface area contributed by atoms with E-state index in [-0.39, 0.29) is 5.91 Å². The number of carbonyl (C=O) groups excluding carboxylic acids is 1. The van der Waals surface area contributed by atoms with Crippen LogP contribution in [0.4, 0.5) is 23.0 Å². The standard InChI is InChI=1S/C29H33N7O3/c1-6-27(37)31-22-16-23(26(38-5)17-24(22)35(4)13-12-34(2)3)33-29-30-11-10-21(32-29)20-18-36-14-15-39-25-9-7-8-19(20)28(25)36/h6-11,16-18H,1,12-15H2,2-5H3,(H,31,37)(H,30,32,33). The van der Waals surface area contributed by atoms with Crippen LogP contribution < -0.4 is 25.0 Å². The molecule has 10 nitrogen and oxygen atoms in total. The third kappa shape index (κ3) is 5.37. The first-order valence-electron chi connectivity index (χ1n) is 12.7. The van der Waals surface area contributed by atoms with E-state index in [2.05, 4.69) is 48.8 Å². The molecule has 1 aliphatic heterocycles. The van der Waals surface area contributed by atoms with Crippen LogP contribution in [0, 0.1) is 0 Å². The minimum absolute atomic E-state index is 0.302. The van der Waals surface area contributed by atoms with E-state index < -0.39 is 0 Å². The zero-order chi connectivity index (χ0) is 27.5. The van der Waals surface area contributed by atoms with E-state index in [9.17, 15) is 4.79 Å². The van der Waals surface area contributed by atoms with Gasteiger partial charge in [0.2, 0.25) is 11.9 Å². The molecule has 10 heteroatoms. The number of nitrogens with zero attached hydrogens (tertiary/aromatic N) is 5. The second-order valence-corrected chi connectivity index (χ2v) is 9.62. The van der Waals surface area contributed by atoms with Crippen LogP contribution in [0.3, 0.4) is 0 Å². The van der Waals surface area contributed by atoms with Crippen LogP contribution in [0.15, 0.2) is 61.4 Å². The normalized spacial score (nSPS) is 12.2. The molecule has 0 bridgehead atoms. The van der Waals surface area contributed by atoms with Crippen molar-refractivity contribution >= 4 is 39.8 Å². The zero-order valence-electron chi connectivity index (χ0n) is 22.7. The van der Waals surface area contributed by atoms with Gasteiger partial charge in [-0.05, 0) is 38.4 Å². The fraction of sp³-hybridized carbons (Fsp3) is 0.276. The Labute approximate surface area is 227 Å². The second-order valence-electron chi connectivity index (χ2n) is 9.62. The van der Waals surface area contributed by atoms with Gasteiger partial charge in [0.25, 0.3) is 0 Å². The van der Waals surface area contributed by atoms with Crippen LogP contribution in [0.5, 0.6) is 11.5 Å². The first-order chi connectivity index (χ1) is 18.9. The molecule has 5 rings (SSSR count). The summed E-state index contributed by atoms with van der Waals surface area (Å²) < 4.78 is 13.8. The van der Waals surface area contributed by atoms with Gasteiger partial charge in [-0.1, -0.05) is 18.7 Å². The van der Waals surface area contributed by atoms with Crippen molar-refractivity contribution in [3.05, 3.63) is 61.4 Å². The number of rotatable bonds is 10. The SMILES string of the molecule is C=CC(=O)Nc1cc(Nc2nccc(-c3cn4c5c(cccc35)OCC4)n2)c(OC)cc1N(C)CCN(C)C. The maximum atomic E-state index is 12.3. The van der Waals surface area contributed by atoms with Crippen LogP contribution in [0.1, 0.15) is 0 Å². The Kier molecular flexibility index (Phi) is 7.38. The second kappa shape index (κ2) is 11.0. The zero-order valence-corrected chi connectivity index (χ0v) is 22.7. The predicted octanol–water partition coefficient (Wildman–Crippen LogP) is 4.37. The van der Waals surface area contributed by atoms with Crippen molar-refractivity contribution in [2.75, 3.05) is 63.5 Å². The van der Waals surface area contributed by atoms with Crippen molar-refractivity contribution in [3.63, 3.8) is 0 Å². The number of benzene rings is 2. The van der Waals surface area contributed by atoms with Crippen LogP contribution in [0.2, 0.25) is 0 Å². The number of anilines is 4. The van der Waals surface area contributed by atoms with E-state index in [0.717, 1.165) is 53.2 Å². The van der Waals surface area contributed by atoms with Crippen LogP contribution in [0.25, 0.3) is 22.2 Å². The minimum atomic E-state index is -0.302. The number of para-hydroxylation sites is 1. The molecule has 202 valence electrons. The molecule has 2 aromatic heterocycles. The van der Waals surface area contributed by atoms with Crippen molar-refractivity contribution in [3.8, 4) is 22.8 Å². The maximum Gasteiger partial charge on any atom is 0.247 e. The summed E-state index contributed by atoms with van der Waals surface area (Å²) in [5.74, 6) is 1.58. The summed E-state index contributed by atoms with van der Waals surface area (Å²) in [7, 11) is 7.63. The number of likely N-dealkylation sites (N-methyl/N-ethyl adjacent to an activating group) is 2. The Morgan fingerprint density at radius 3 is 2.82 bits per heavy atom. The average Bonchev–Trinajstić information content (AvgIpc) is 3.32. The highest BCUT2D eigenvalue weighted by Gasteiger charge is 2.20. The Balaban J connectivity index is 1.50. The number of hydrogen-bond donors (Lipinski definition) is 2. The first kappa shape index (κ1) is 26.1. The molecule has 0 radical (unpaired) electrons. The van der Waals surface area contributed by atoms with Crippen LogP contribution in [-0.4, -0.2) is 73.3 Å². The minimum Gasteiger partial charge on any atom is -0.494 e. The Morgan fingerprint density at radius 1 is 1.21 bits per heavy atom. The molecule has 0 atom stereocenters. The first-order valence-corrected chi connectivity index (χ1v) is 12.7. The molecule has 1 amide bonds. The van der Waals surface area contributed by atoms with Crippen molar-refractivity contribution in [1.82, 2.24) is 19.4 Å². The fourth-order valence-corrected chi connectivity index (χ4v) is 4.67. The molecule has 0 aliphatic carbocycles. The molecule has 0 unspecified atom stereocenters. The molecule has 0 saturated heterocycles. The van der Waals surface area contributed by atoms with E-state index in [4.69, 9.17) is 14.5 Å². The Bertz CT molecular complexity index is 1530. The molecule has 4 aromatic rings. The molecule has 2 aromatic carbocycles. The molecule has 39 heavy (non-hydrogen) atoms. The van der Waals surface area contributed by atoms with E-state index in [1.807, 2.05) is 51.5 Å². The van der Waals surface area contributed by atoms with Gasteiger partial charge in [0.1, 0.15) is 18.1 Å². The predicted molar refractivity (Wildman–Crippen MR) is 155 cm³/mol. The highest BCUT2D eigenvalue weighted by molar-refractivity contribution is 6.02. The lowest BCUT2D eigenvalue weighted by Gasteiger charge is -2.26. The van der Waals surface area contributed by atoms with Gasteiger partial charge in [0, 0.05) is 49.5 Å². The van der Waals surface area contributed by atoms with Gasteiger partial charge < -0.3 is 34.5 Å². The maximum absolute atomic E-state index is 12.3. The molecule has 1 aliphatic rings. The molecule has 0 spiro atoms. The van der Waals surface area contributed by atoms with E-state index >= 15 is 0 Å². The van der Waals surface area contributed by atoms with Crippen molar-refractivity contribution in [2.45, 2.75) is 6.54 Å². The third-order valence-electron chi connectivity index (χ3n) is 6.68. The number of aromatic nitrogens is 3. The largest absolute Gasteiger partial charge is 0.494 e. The van der Waals surface area contributed by atoms with Gasteiger partial charge in [-0.3, -0.25) is 4.79 Å². The summed E-state index contributed by atoms with van der Waals surface area (Å²) in [5, 5.41) is 7.29. The van der Waals surface area contributed by atoms with E-state index in [1.54, 1.807) is 13.3 Å².